The fraction of sp³-hybridized carbons (Fsp3) is 1.00. The summed E-state index contributed by atoms with van der Waals surface area (Å²) in [6, 6.07) is 0. The summed E-state index contributed by atoms with van der Waals surface area (Å²) < 4.78 is 17.8. The van der Waals surface area contributed by atoms with Crippen molar-refractivity contribution in [3.05, 3.63) is 0 Å². The third kappa shape index (κ3) is 4.90. The standard InChI is InChI=1S/C12H35N8P3S5/c1-16-11-10-12-28-23(16)14-21(17(2)24-6,18(3)25-7)13-22(15-23,19(4)26-8)20(5)27-9/h13-14H,10-12H2,1-9H3/q+2. The highest BCUT2D eigenvalue weighted by atomic mass is 32.7. The van der Waals surface area contributed by atoms with Crippen molar-refractivity contribution < 1.29 is 0 Å². The van der Waals surface area contributed by atoms with Gasteiger partial charge in [-0.05, 0) is 90.8 Å². The van der Waals surface area contributed by atoms with Gasteiger partial charge in [0.2, 0.25) is 6.56 Å². The lowest BCUT2D eigenvalue weighted by atomic mass is 10.5. The smallest absolute Gasteiger partial charge is 0.248 e. The van der Waals surface area contributed by atoms with Gasteiger partial charge in [-0.2, -0.15) is 0 Å². The van der Waals surface area contributed by atoms with Crippen molar-refractivity contribution in [3.8, 4) is 0 Å². The Morgan fingerprint density at radius 2 is 1.43 bits per heavy atom. The second-order valence-electron chi connectivity index (χ2n) is 6.16. The molecule has 0 bridgehead atoms. The molecule has 166 valence electrons. The Morgan fingerprint density at radius 3 is 1.86 bits per heavy atom. The normalized spacial score (nSPS) is 27.9. The van der Waals surface area contributed by atoms with Crippen LogP contribution in [0.25, 0.3) is 0 Å². The first-order valence-corrected chi connectivity index (χ1v) is 20.0. The zero-order valence-electron chi connectivity index (χ0n) is 18.2. The molecular weight excluding hydrogens is 509 g/mol. The van der Waals surface area contributed by atoms with E-state index in [1.165, 1.54) is 6.42 Å². The Morgan fingerprint density at radius 1 is 0.929 bits per heavy atom. The predicted octanol–water partition coefficient (Wildman–Crippen LogP) is 5.39. The van der Waals surface area contributed by atoms with Crippen LogP contribution >= 0.6 is 81.5 Å². The Balaban J connectivity index is 2.79. The van der Waals surface area contributed by atoms with E-state index in [0.717, 1.165) is 12.3 Å². The van der Waals surface area contributed by atoms with Crippen molar-refractivity contribution in [2.75, 3.05) is 72.6 Å². The summed E-state index contributed by atoms with van der Waals surface area (Å²) in [4.78, 5) is 8.27. The van der Waals surface area contributed by atoms with E-state index >= 15 is 0 Å². The van der Waals surface area contributed by atoms with Crippen LogP contribution in [0.1, 0.15) is 6.42 Å². The van der Waals surface area contributed by atoms with Gasteiger partial charge in [-0.3, -0.25) is 0 Å². The molecule has 0 aliphatic carbocycles. The minimum absolute atomic E-state index is 1.09. The maximum atomic E-state index is 5.71. The molecule has 1 spiro atoms. The summed E-state index contributed by atoms with van der Waals surface area (Å²) in [6.45, 7) is -0.853. The molecule has 2 rings (SSSR count). The maximum Gasteiger partial charge on any atom is 0.411 e. The van der Waals surface area contributed by atoms with Crippen molar-refractivity contribution >= 4 is 81.5 Å². The van der Waals surface area contributed by atoms with Crippen LogP contribution in [0, 0.1) is 0 Å². The minimum atomic E-state index is -2.17. The van der Waals surface area contributed by atoms with Crippen LogP contribution in [0.5, 0.6) is 0 Å². The summed E-state index contributed by atoms with van der Waals surface area (Å²) in [5.74, 6) is 1.16. The molecule has 16 heteroatoms. The molecule has 0 amide bonds. The van der Waals surface area contributed by atoms with Gasteiger partial charge in [0, 0.05) is 45.3 Å². The van der Waals surface area contributed by atoms with E-state index in [1.807, 2.05) is 11.4 Å². The Hall–Kier alpha value is 2.56. The van der Waals surface area contributed by atoms with Crippen LogP contribution in [-0.2, 0) is 0 Å². The summed E-state index contributed by atoms with van der Waals surface area (Å²) in [5.41, 5.74) is 0. The number of nitrogens with one attached hydrogen (secondary N) is 2. The summed E-state index contributed by atoms with van der Waals surface area (Å²) in [5, 5.41) is 0. The molecule has 2 heterocycles. The third-order valence-corrected chi connectivity index (χ3v) is 27.0. The molecule has 0 saturated carbocycles. The van der Waals surface area contributed by atoms with Gasteiger partial charge in [0.15, 0.2) is 0 Å². The van der Waals surface area contributed by atoms with Crippen molar-refractivity contribution in [3.63, 3.8) is 0 Å². The molecule has 1 atom stereocenters. The lowest BCUT2D eigenvalue weighted by molar-refractivity contribution is 0.534. The fourth-order valence-corrected chi connectivity index (χ4v) is 28.9. The SMILES string of the molecule is CSN(C)[P+]1(N(C)SC)N=P2(N[P+](N(C)SC)(N(C)SC)N1)SCCCN2C. The van der Waals surface area contributed by atoms with E-state index in [1.54, 1.807) is 47.8 Å². The Bertz CT molecular complexity index is 569. The van der Waals surface area contributed by atoms with Crippen LogP contribution < -0.4 is 9.72 Å². The average Bonchev–Trinajstić information content (AvgIpc) is 2.72. The van der Waals surface area contributed by atoms with Crippen LogP contribution in [0.4, 0.5) is 0 Å². The summed E-state index contributed by atoms with van der Waals surface area (Å²) in [7, 11) is 6.79. The Kier molecular flexibility index (Phi) is 10.6. The molecule has 0 aromatic rings. The average molecular weight is 545 g/mol. The number of hydrogen-bond acceptors (Lipinski definition) is 13. The first-order chi connectivity index (χ1) is 13.2. The van der Waals surface area contributed by atoms with Crippen LogP contribution in [0.3, 0.4) is 0 Å². The number of hydrogen-bond donors (Lipinski definition) is 2. The number of nitrogens with zero attached hydrogens (tertiary/aromatic N) is 6. The van der Waals surface area contributed by atoms with Crippen LogP contribution in [0.15, 0.2) is 4.52 Å². The molecule has 2 N–H and O–H groups in total. The summed E-state index contributed by atoms with van der Waals surface area (Å²) in [6.07, 6.45) is 9.83. The van der Waals surface area contributed by atoms with Gasteiger partial charge in [-0.15, -0.1) is 0 Å². The van der Waals surface area contributed by atoms with Crippen LogP contribution in [-0.4, -0.2) is 93.5 Å². The number of rotatable bonds is 8. The first kappa shape index (κ1) is 26.8. The molecule has 0 radical (unpaired) electrons. The topological polar surface area (TPSA) is 52.6 Å². The second-order valence-corrected chi connectivity index (χ2v) is 22.7. The lowest BCUT2D eigenvalue weighted by Crippen LogP contribution is -2.49. The van der Waals surface area contributed by atoms with E-state index in [9.17, 15) is 0 Å². The molecule has 1 unspecified atom stereocenters. The van der Waals surface area contributed by atoms with Gasteiger partial charge in [0.05, 0.1) is 0 Å². The molecule has 1 fully saturated rings. The van der Waals surface area contributed by atoms with Crippen LogP contribution in [0.2, 0.25) is 0 Å². The van der Waals surface area contributed by atoms with Gasteiger partial charge >= 0.3 is 15.7 Å². The highest BCUT2D eigenvalue weighted by Crippen LogP contribution is 2.88. The van der Waals surface area contributed by atoms with Gasteiger partial charge in [0.1, 0.15) is 0 Å². The largest absolute Gasteiger partial charge is 0.411 e. The van der Waals surface area contributed by atoms with Crippen molar-refractivity contribution in [2.24, 2.45) is 4.52 Å². The molecule has 0 aromatic heterocycles. The fourth-order valence-electron chi connectivity index (χ4n) is 2.83. The minimum Gasteiger partial charge on any atom is -0.248 e. The monoisotopic (exact) mass is 544 g/mol. The predicted molar refractivity (Wildman–Crippen MR) is 144 cm³/mol. The molecule has 2 aliphatic rings. The summed E-state index contributed by atoms with van der Waals surface area (Å²) >= 11 is 9.13. The quantitative estimate of drug-likeness (QED) is 0.304. The highest BCUT2D eigenvalue weighted by molar-refractivity contribution is 8.59. The van der Waals surface area contributed by atoms with E-state index < -0.39 is 22.3 Å². The van der Waals surface area contributed by atoms with E-state index in [-0.39, 0.29) is 0 Å². The highest BCUT2D eigenvalue weighted by Gasteiger charge is 2.72. The zero-order valence-corrected chi connectivity index (χ0v) is 25.0. The molecule has 1 saturated heterocycles. The molecule has 0 aromatic carbocycles. The Labute approximate surface area is 194 Å². The van der Waals surface area contributed by atoms with E-state index in [0.29, 0.717) is 0 Å². The van der Waals surface area contributed by atoms with Gasteiger partial charge in [-0.25, -0.2) is 4.67 Å². The first-order valence-electron chi connectivity index (χ1n) is 8.68. The third-order valence-electron chi connectivity index (χ3n) is 4.81. The van der Waals surface area contributed by atoms with E-state index in [4.69, 9.17) is 4.52 Å². The maximum absolute atomic E-state index is 5.71. The van der Waals surface area contributed by atoms with E-state index in [2.05, 4.69) is 91.0 Å². The molecular formula is C12H35N8P3S5+2. The van der Waals surface area contributed by atoms with Gasteiger partial charge < -0.3 is 0 Å². The molecule has 8 nitrogen and oxygen atoms in total. The second kappa shape index (κ2) is 11.1. The van der Waals surface area contributed by atoms with Crippen molar-refractivity contribution in [1.29, 1.82) is 0 Å². The molecule has 28 heavy (non-hydrogen) atoms. The zero-order chi connectivity index (χ0) is 21.2. The van der Waals surface area contributed by atoms with Gasteiger partial charge in [0.25, 0.3) is 0 Å². The van der Waals surface area contributed by atoms with Crippen molar-refractivity contribution in [1.82, 2.24) is 30.7 Å². The molecule has 2 aliphatic heterocycles. The lowest BCUT2D eigenvalue weighted by Gasteiger charge is -2.48. The van der Waals surface area contributed by atoms with Crippen molar-refractivity contribution in [2.45, 2.75) is 6.42 Å². The van der Waals surface area contributed by atoms with Gasteiger partial charge in [-0.1, -0.05) is 32.5 Å².